The summed E-state index contributed by atoms with van der Waals surface area (Å²) in [5, 5.41) is 10.1. The van der Waals surface area contributed by atoms with E-state index in [1.54, 1.807) is 0 Å². The van der Waals surface area contributed by atoms with Crippen LogP contribution in [0, 0.1) is 6.92 Å². The minimum absolute atomic E-state index is 0.241. The molecule has 0 saturated carbocycles. The molecule has 0 aromatic heterocycles. The molecule has 3 aliphatic heterocycles. The van der Waals surface area contributed by atoms with E-state index in [1.807, 2.05) is 0 Å². The fourth-order valence-corrected chi connectivity index (χ4v) is 5.67. The van der Waals surface area contributed by atoms with Gasteiger partial charge < -0.3 is 9.64 Å². The first-order valence-corrected chi connectivity index (χ1v) is 11.9. The Bertz CT molecular complexity index is 1210. The fraction of sp³-hybridized carbons (Fsp3) is 0.393. The van der Waals surface area contributed by atoms with E-state index in [2.05, 4.69) is 91.3 Å². The number of benzene rings is 3. The molecular formula is C28H31N3O. The highest BCUT2D eigenvalue weighted by Gasteiger charge is 2.52. The van der Waals surface area contributed by atoms with E-state index in [0.29, 0.717) is 6.04 Å². The average Bonchev–Trinajstić information content (AvgIpc) is 3.27. The monoisotopic (exact) mass is 425 g/mol. The van der Waals surface area contributed by atoms with Gasteiger partial charge in [-0.05, 0) is 49.2 Å². The van der Waals surface area contributed by atoms with E-state index in [-0.39, 0.29) is 11.8 Å². The molecule has 164 valence electrons. The van der Waals surface area contributed by atoms with Crippen LogP contribution in [0.1, 0.15) is 55.8 Å². The second-order valence-corrected chi connectivity index (χ2v) is 9.89. The Kier molecular flexibility index (Phi) is 4.55. The highest BCUT2D eigenvalue weighted by Crippen LogP contribution is 2.50. The van der Waals surface area contributed by atoms with Crippen molar-refractivity contribution in [2.24, 2.45) is 5.10 Å². The number of aryl methyl sites for hydroxylation is 1. The van der Waals surface area contributed by atoms with E-state index in [0.717, 1.165) is 38.1 Å². The Labute approximate surface area is 190 Å². The average molecular weight is 426 g/mol. The second kappa shape index (κ2) is 7.35. The molecule has 0 aliphatic carbocycles. The first-order valence-electron chi connectivity index (χ1n) is 11.9. The lowest BCUT2D eigenvalue weighted by molar-refractivity contribution is -0.152. The molecule has 4 nitrogen and oxygen atoms in total. The lowest BCUT2D eigenvalue weighted by Crippen LogP contribution is -2.59. The summed E-state index contributed by atoms with van der Waals surface area (Å²) in [5.74, 6) is 1.05. The summed E-state index contributed by atoms with van der Waals surface area (Å²) in [5.41, 5.74) is 4.60. The number of ether oxygens (including phenoxy) is 1. The molecule has 3 aliphatic rings. The van der Waals surface area contributed by atoms with Gasteiger partial charge in [0.05, 0.1) is 11.8 Å². The van der Waals surface area contributed by atoms with Crippen LogP contribution < -0.4 is 4.74 Å². The number of nitrogens with zero attached hydrogens (tertiary/aromatic N) is 3. The minimum atomic E-state index is -0.350. The van der Waals surface area contributed by atoms with Crippen molar-refractivity contribution in [2.75, 3.05) is 13.1 Å². The Morgan fingerprint density at radius 3 is 2.53 bits per heavy atom. The molecule has 0 unspecified atom stereocenters. The van der Waals surface area contributed by atoms with Crippen LogP contribution in [0.5, 0.6) is 5.75 Å². The lowest BCUT2D eigenvalue weighted by atomic mass is 9.89. The van der Waals surface area contributed by atoms with Crippen LogP contribution in [0.2, 0.25) is 0 Å². The molecule has 3 aromatic rings. The van der Waals surface area contributed by atoms with Gasteiger partial charge in [0.1, 0.15) is 5.75 Å². The van der Waals surface area contributed by atoms with Gasteiger partial charge in [0, 0.05) is 44.0 Å². The normalized spacial score (nSPS) is 22.1. The summed E-state index contributed by atoms with van der Waals surface area (Å²) in [6.45, 7) is 8.82. The van der Waals surface area contributed by atoms with Gasteiger partial charge in [0.2, 0.25) is 5.72 Å². The van der Waals surface area contributed by atoms with Crippen LogP contribution in [0.3, 0.4) is 0 Å². The second-order valence-electron chi connectivity index (χ2n) is 9.89. The molecule has 0 radical (unpaired) electrons. The zero-order chi connectivity index (χ0) is 21.9. The summed E-state index contributed by atoms with van der Waals surface area (Å²) in [7, 11) is 0. The van der Waals surface area contributed by atoms with Crippen molar-refractivity contribution in [1.29, 1.82) is 0 Å². The SMILES string of the molecule is Cc1ccc2c(c1)[C@@H]1CC(c3ccc4ccccc4c3)=NN1C1(CCN(C(C)C)CC1)O2. The molecule has 3 aromatic carbocycles. The van der Waals surface area contributed by atoms with Gasteiger partial charge in [0.15, 0.2) is 0 Å². The van der Waals surface area contributed by atoms with Gasteiger partial charge >= 0.3 is 0 Å². The maximum Gasteiger partial charge on any atom is 0.200 e. The van der Waals surface area contributed by atoms with Crippen LogP contribution in [0.25, 0.3) is 10.8 Å². The Balaban J connectivity index is 1.41. The van der Waals surface area contributed by atoms with E-state index >= 15 is 0 Å². The molecule has 0 amide bonds. The van der Waals surface area contributed by atoms with Crippen LogP contribution in [-0.2, 0) is 0 Å². The summed E-state index contributed by atoms with van der Waals surface area (Å²) in [6.07, 6.45) is 2.88. The zero-order valence-electron chi connectivity index (χ0n) is 19.2. The van der Waals surface area contributed by atoms with E-state index in [1.165, 1.54) is 33.2 Å². The topological polar surface area (TPSA) is 28.1 Å². The Morgan fingerprint density at radius 1 is 0.969 bits per heavy atom. The van der Waals surface area contributed by atoms with Gasteiger partial charge in [-0.3, -0.25) is 0 Å². The maximum absolute atomic E-state index is 6.80. The Morgan fingerprint density at radius 2 is 1.75 bits per heavy atom. The lowest BCUT2D eigenvalue weighted by Gasteiger charge is -2.51. The number of hydrogen-bond donors (Lipinski definition) is 0. The summed E-state index contributed by atoms with van der Waals surface area (Å²) in [6, 6.07) is 22.7. The third-order valence-electron chi connectivity index (χ3n) is 7.54. The van der Waals surface area contributed by atoms with Crippen molar-refractivity contribution < 1.29 is 4.74 Å². The Hall–Kier alpha value is -2.85. The predicted octanol–water partition coefficient (Wildman–Crippen LogP) is 5.89. The largest absolute Gasteiger partial charge is 0.466 e. The van der Waals surface area contributed by atoms with E-state index in [4.69, 9.17) is 9.84 Å². The van der Waals surface area contributed by atoms with E-state index < -0.39 is 0 Å². The first-order chi connectivity index (χ1) is 15.5. The first kappa shape index (κ1) is 19.8. The summed E-state index contributed by atoms with van der Waals surface area (Å²) in [4.78, 5) is 2.55. The van der Waals surface area contributed by atoms with Gasteiger partial charge in [-0.15, -0.1) is 0 Å². The minimum Gasteiger partial charge on any atom is -0.466 e. The molecule has 3 heterocycles. The standard InChI is InChI=1S/C28H31N3O/c1-19(2)30-14-12-28(13-15-30)31-26(24-16-20(3)8-11-27(24)32-28)18-25(29-31)23-10-9-21-6-4-5-7-22(21)17-23/h4-11,16-17,19,26H,12-15,18H2,1-3H3/t26-/m0/s1. The maximum atomic E-state index is 6.80. The van der Waals surface area contributed by atoms with Crippen molar-refractivity contribution in [3.8, 4) is 5.75 Å². The number of piperidine rings is 1. The molecule has 1 spiro atoms. The van der Waals surface area contributed by atoms with Crippen LogP contribution in [-0.4, -0.2) is 40.5 Å². The highest BCUT2D eigenvalue weighted by atomic mass is 16.5. The smallest absolute Gasteiger partial charge is 0.200 e. The van der Waals surface area contributed by atoms with E-state index in [9.17, 15) is 0 Å². The number of likely N-dealkylation sites (tertiary alicyclic amines) is 1. The molecule has 0 bridgehead atoms. The molecule has 4 heteroatoms. The van der Waals surface area contributed by atoms with Gasteiger partial charge in [0.25, 0.3) is 0 Å². The zero-order valence-corrected chi connectivity index (χ0v) is 19.2. The van der Waals surface area contributed by atoms with Crippen molar-refractivity contribution >= 4 is 16.5 Å². The van der Waals surface area contributed by atoms with Crippen molar-refractivity contribution in [2.45, 2.75) is 57.8 Å². The third kappa shape index (κ3) is 3.12. The number of rotatable bonds is 2. The molecule has 1 fully saturated rings. The predicted molar refractivity (Wildman–Crippen MR) is 130 cm³/mol. The van der Waals surface area contributed by atoms with Crippen molar-refractivity contribution in [3.63, 3.8) is 0 Å². The van der Waals surface area contributed by atoms with Gasteiger partial charge in [-0.2, -0.15) is 5.10 Å². The number of hydrogen-bond acceptors (Lipinski definition) is 4. The molecule has 32 heavy (non-hydrogen) atoms. The number of hydrazone groups is 1. The third-order valence-corrected chi connectivity index (χ3v) is 7.54. The van der Waals surface area contributed by atoms with Crippen molar-refractivity contribution in [3.05, 3.63) is 77.4 Å². The van der Waals surface area contributed by atoms with Crippen LogP contribution in [0.4, 0.5) is 0 Å². The highest BCUT2D eigenvalue weighted by molar-refractivity contribution is 6.04. The van der Waals surface area contributed by atoms with Crippen molar-refractivity contribution in [1.82, 2.24) is 9.91 Å². The molecule has 1 atom stereocenters. The quantitative estimate of drug-likeness (QED) is 0.512. The molecule has 0 N–H and O–H groups in total. The summed E-state index contributed by atoms with van der Waals surface area (Å²) < 4.78 is 6.80. The molecule has 1 saturated heterocycles. The fourth-order valence-electron chi connectivity index (χ4n) is 5.67. The van der Waals surface area contributed by atoms with Crippen LogP contribution in [0.15, 0.2) is 65.8 Å². The van der Waals surface area contributed by atoms with Gasteiger partial charge in [-0.1, -0.05) is 54.1 Å². The molecular weight excluding hydrogens is 394 g/mol. The van der Waals surface area contributed by atoms with Gasteiger partial charge in [-0.25, -0.2) is 5.01 Å². The van der Waals surface area contributed by atoms with Crippen LogP contribution >= 0.6 is 0 Å². The number of fused-ring (bicyclic) bond motifs is 5. The summed E-state index contributed by atoms with van der Waals surface area (Å²) >= 11 is 0. The molecule has 6 rings (SSSR count).